The molecular formula is C12H15NO4. The second-order valence-electron chi connectivity index (χ2n) is 3.92. The first kappa shape index (κ1) is 11.7. The fourth-order valence-corrected chi connectivity index (χ4v) is 1.56. The highest BCUT2D eigenvalue weighted by Crippen LogP contribution is 2.30. The standard InChI is InChI=1S/C12H15NO4/c1-8(12(14)15)13-7-9-2-3-10-11(6-9)17-5-4-16-10/h2-3,6,8,13H,4-5,7H2,1H3,(H,14,15)/t8-/m1/s1. The van der Waals surface area contributed by atoms with E-state index in [-0.39, 0.29) is 0 Å². The summed E-state index contributed by atoms with van der Waals surface area (Å²) in [5.74, 6) is 0.604. The zero-order valence-corrected chi connectivity index (χ0v) is 9.60. The van der Waals surface area contributed by atoms with Crippen molar-refractivity contribution in [3.63, 3.8) is 0 Å². The first-order valence-corrected chi connectivity index (χ1v) is 5.51. The van der Waals surface area contributed by atoms with E-state index in [1.807, 2.05) is 18.2 Å². The molecule has 0 saturated carbocycles. The molecule has 1 aliphatic rings. The van der Waals surface area contributed by atoms with Gasteiger partial charge in [0.05, 0.1) is 0 Å². The van der Waals surface area contributed by atoms with Gasteiger partial charge in [-0.2, -0.15) is 0 Å². The van der Waals surface area contributed by atoms with Gasteiger partial charge in [0.15, 0.2) is 11.5 Å². The highest BCUT2D eigenvalue weighted by atomic mass is 16.6. The van der Waals surface area contributed by atoms with E-state index in [1.165, 1.54) is 0 Å². The lowest BCUT2D eigenvalue weighted by atomic mass is 10.2. The molecule has 0 amide bonds. The molecule has 5 nitrogen and oxygen atoms in total. The summed E-state index contributed by atoms with van der Waals surface area (Å²) in [6.45, 7) is 3.22. The van der Waals surface area contributed by atoms with Gasteiger partial charge in [-0.3, -0.25) is 4.79 Å². The third-order valence-corrected chi connectivity index (χ3v) is 2.59. The number of carboxylic acid groups (broad SMARTS) is 1. The van der Waals surface area contributed by atoms with Crippen molar-refractivity contribution in [1.29, 1.82) is 0 Å². The Bertz CT molecular complexity index is 419. The summed E-state index contributed by atoms with van der Waals surface area (Å²) < 4.78 is 10.9. The molecule has 2 rings (SSSR count). The largest absolute Gasteiger partial charge is 0.486 e. The average molecular weight is 237 g/mol. The number of carbonyl (C=O) groups is 1. The minimum absolute atomic E-state index is 0.490. The molecule has 0 radical (unpaired) electrons. The Morgan fingerprint density at radius 3 is 2.82 bits per heavy atom. The Morgan fingerprint density at radius 2 is 2.12 bits per heavy atom. The maximum Gasteiger partial charge on any atom is 0.320 e. The van der Waals surface area contributed by atoms with Crippen LogP contribution in [-0.2, 0) is 11.3 Å². The molecular weight excluding hydrogens is 222 g/mol. The molecule has 0 spiro atoms. The van der Waals surface area contributed by atoms with Crippen LogP contribution >= 0.6 is 0 Å². The minimum Gasteiger partial charge on any atom is -0.486 e. The first-order chi connectivity index (χ1) is 8.16. The van der Waals surface area contributed by atoms with Gasteiger partial charge in [0.2, 0.25) is 0 Å². The van der Waals surface area contributed by atoms with Crippen LogP contribution in [0.1, 0.15) is 12.5 Å². The van der Waals surface area contributed by atoms with E-state index in [2.05, 4.69) is 5.32 Å². The van der Waals surface area contributed by atoms with E-state index < -0.39 is 12.0 Å². The summed E-state index contributed by atoms with van der Waals surface area (Å²) in [6, 6.07) is 5.05. The predicted octanol–water partition coefficient (Wildman–Crippen LogP) is 1.02. The minimum atomic E-state index is -0.859. The summed E-state index contributed by atoms with van der Waals surface area (Å²) in [5, 5.41) is 11.7. The number of aliphatic carboxylic acids is 1. The highest BCUT2D eigenvalue weighted by molar-refractivity contribution is 5.72. The van der Waals surface area contributed by atoms with Gasteiger partial charge in [-0.25, -0.2) is 0 Å². The van der Waals surface area contributed by atoms with Gasteiger partial charge < -0.3 is 19.9 Å². The zero-order chi connectivity index (χ0) is 12.3. The van der Waals surface area contributed by atoms with Crippen LogP contribution in [0.2, 0.25) is 0 Å². The summed E-state index contributed by atoms with van der Waals surface area (Å²) in [6.07, 6.45) is 0. The highest BCUT2D eigenvalue weighted by Gasteiger charge is 2.13. The number of rotatable bonds is 4. The van der Waals surface area contributed by atoms with E-state index in [9.17, 15) is 4.79 Å². The van der Waals surface area contributed by atoms with Crippen LogP contribution in [0, 0.1) is 0 Å². The van der Waals surface area contributed by atoms with Crippen molar-refractivity contribution in [3.8, 4) is 11.5 Å². The number of hydrogen-bond acceptors (Lipinski definition) is 4. The van der Waals surface area contributed by atoms with Crippen molar-refractivity contribution in [2.24, 2.45) is 0 Å². The number of hydrogen-bond donors (Lipinski definition) is 2. The topological polar surface area (TPSA) is 67.8 Å². The van der Waals surface area contributed by atoms with Crippen LogP contribution in [0.15, 0.2) is 18.2 Å². The SMILES string of the molecule is C[C@@H](NCc1ccc2c(c1)OCCO2)C(=O)O. The van der Waals surface area contributed by atoms with Gasteiger partial charge in [-0.1, -0.05) is 6.07 Å². The Balaban J connectivity index is 2.00. The molecule has 1 heterocycles. The Hall–Kier alpha value is -1.75. The average Bonchev–Trinajstić information content (AvgIpc) is 2.35. The van der Waals surface area contributed by atoms with Crippen LogP contribution in [0.5, 0.6) is 11.5 Å². The van der Waals surface area contributed by atoms with Crippen molar-refractivity contribution in [3.05, 3.63) is 23.8 Å². The second-order valence-corrected chi connectivity index (χ2v) is 3.92. The van der Waals surface area contributed by atoms with E-state index >= 15 is 0 Å². The fourth-order valence-electron chi connectivity index (χ4n) is 1.56. The smallest absolute Gasteiger partial charge is 0.320 e. The summed E-state index contributed by atoms with van der Waals surface area (Å²) >= 11 is 0. The molecule has 5 heteroatoms. The van der Waals surface area contributed by atoms with Crippen molar-refractivity contribution in [1.82, 2.24) is 5.32 Å². The Labute approximate surface area is 99.3 Å². The third kappa shape index (κ3) is 2.88. The number of carboxylic acids is 1. The molecule has 0 aliphatic carbocycles. The van der Waals surface area contributed by atoms with E-state index in [0.717, 1.165) is 17.1 Å². The summed E-state index contributed by atoms with van der Waals surface area (Å²) in [4.78, 5) is 10.6. The molecule has 0 bridgehead atoms. The molecule has 1 aromatic carbocycles. The van der Waals surface area contributed by atoms with Crippen LogP contribution in [0.3, 0.4) is 0 Å². The second kappa shape index (κ2) is 5.05. The molecule has 0 saturated heterocycles. The molecule has 2 N–H and O–H groups in total. The van der Waals surface area contributed by atoms with Crippen LogP contribution in [0.4, 0.5) is 0 Å². The molecule has 0 aromatic heterocycles. The monoisotopic (exact) mass is 237 g/mol. The predicted molar refractivity (Wildman–Crippen MR) is 61.4 cm³/mol. The van der Waals surface area contributed by atoms with Gasteiger partial charge in [-0.15, -0.1) is 0 Å². The Morgan fingerprint density at radius 1 is 1.41 bits per heavy atom. The van der Waals surface area contributed by atoms with Crippen LogP contribution in [-0.4, -0.2) is 30.3 Å². The normalized spacial score (nSPS) is 15.4. The fraction of sp³-hybridized carbons (Fsp3) is 0.417. The first-order valence-electron chi connectivity index (χ1n) is 5.51. The van der Waals surface area contributed by atoms with Gasteiger partial charge in [0.25, 0.3) is 0 Å². The van der Waals surface area contributed by atoms with Crippen molar-refractivity contribution >= 4 is 5.97 Å². The zero-order valence-electron chi connectivity index (χ0n) is 9.60. The lowest BCUT2D eigenvalue weighted by molar-refractivity contribution is -0.139. The Kier molecular flexibility index (Phi) is 3.49. The number of nitrogens with one attached hydrogen (secondary N) is 1. The maximum atomic E-state index is 10.6. The van der Waals surface area contributed by atoms with Crippen LogP contribution < -0.4 is 14.8 Å². The van der Waals surface area contributed by atoms with Gasteiger partial charge >= 0.3 is 5.97 Å². The maximum absolute atomic E-state index is 10.6. The number of fused-ring (bicyclic) bond motifs is 1. The van der Waals surface area contributed by atoms with Gasteiger partial charge in [-0.05, 0) is 24.6 Å². The molecule has 17 heavy (non-hydrogen) atoms. The molecule has 0 unspecified atom stereocenters. The number of benzene rings is 1. The van der Waals surface area contributed by atoms with E-state index in [0.29, 0.717) is 19.8 Å². The van der Waals surface area contributed by atoms with Gasteiger partial charge in [0, 0.05) is 6.54 Å². The summed E-state index contributed by atoms with van der Waals surface area (Å²) in [5.41, 5.74) is 0.974. The summed E-state index contributed by atoms with van der Waals surface area (Å²) in [7, 11) is 0. The van der Waals surface area contributed by atoms with Crippen molar-refractivity contribution in [2.75, 3.05) is 13.2 Å². The third-order valence-electron chi connectivity index (χ3n) is 2.59. The van der Waals surface area contributed by atoms with Crippen molar-refractivity contribution < 1.29 is 19.4 Å². The molecule has 92 valence electrons. The molecule has 1 aliphatic heterocycles. The van der Waals surface area contributed by atoms with Gasteiger partial charge in [0.1, 0.15) is 19.3 Å². The number of ether oxygens (including phenoxy) is 2. The molecule has 1 aromatic rings. The molecule has 0 fully saturated rings. The van der Waals surface area contributed by atoms with Crippen LogP contribution in [0.25, 0.3) is 0 Å². The van der Waals surface area contributed by atoms with E-state index in [1.54, 1.807) is 6.92 Å². The quantitative estimate of drug-likeness (QED) is 0.818. The lowest BCUT2D eigenvalue weighted by Crippen LogP contribution is -2.33. The van der Waals surface area contributed by atoms with Crippen molar-refractivity contribution in [2.45, 2.75) is 19.5 Å². The molecule has 1 atom stereocenters. The van der Waals surface area contributed by atoms with E-state index in [4.69, 9.17) is 14.6 Å². The lowest BCUT2D eigenvalue weighted by Gasteiger charge is -2.19.